The van der Waals surface area contributed by atoms with Crippen molar-refractivity contribution in [2.45, 2.75) is 33.2 Å². The topological polar surface area (TPSA) is 32.3 Å². The van der Waals surface area contributed by atoms with Crippen molar-refractivity contribution < 1.29 is 5.11 Å². The van der Waals surface area contributed by atoms with Crippen molar-refractivity contribution >= 4 is 5.69 Å². The molecule has 0 fully saturated rings. The third-order valence-corrected chi connectivity index (χ3v) is 3.74. The Morgan fingerprint density at radius 1 is 1.00 bits per heavy atom. The number of nitrogens with one attached hydrogen (secondary N) is 1. The molecule has 1 atom stereocenters. The maximum Gasteiger partial charge on any atom is 0.0833 e. The zero-order valence-corrected chi connectivity index (χ0v) is 12.7. The highest BCUT2D eigenvalue weighted by molar-refractivity contribution is 5.51. The normalized spacial score (nSPS) is 13.8. The van der Waals surface area contributed by atoms with Crippen LogP contribution in [0.5, 0.6) is 0 Å². The summed E-state index contributed by atoms with van der Waals surface area (Å²) in [4.78, 5) is 0. The molecule has 2 heteroatoms. The highest BCUT2D eigenvalue weighted by atomic mass is 16.3. The summed E-state index contributed by atoms with van der Waals surface area (Å²) >= 11 is 0. The molecule has 0 radical (unpaired) electrons. The molecule has 1 unspecified atom stereocenters. The van der Waals surface area contributed by atoms with Crippen LogP contribution < -0.4 is 5.32 Å². The van der Waals surface area contributed by atoms with E-state index in [4.69, 9.17) is 0 Å². The number of anilines is 1. The Balaban J connectivity index is 2.46. The van der Waals surface area contributed by atoms with E-state index in [0.717, 1.165) is 5.69 Å². The van der Waals surface area contributed by atoms with E-state index in [0.29, 0.717) is 0 Å². The van der Waals surface area contributed by atoms with E-state index in [1.807, 2.05) is 37.3 Å². The van der Waals surface area contributed by atoms with Gasteiger partial charge in [0.05, 0.1) is 12.1 Å². The van der Waals surface area contributed by atoms with Crippen LogP contribution in [0.2, 0.25) is 0 Å². The van der Waals surface area contributed by atoms with Gasteiger partial charge < -0.3 is 10.4 Å². The lowest BCUT2D eigenvalue weighted by Crippen LogP contribution is -2.37. The molecule has 0 aliphatic rings. The summed E-state index contributed by atoms with van der Waals surface area (Å²) < 4.78 is 0. The maximum atomic E-state index is 9.96. The molecule has 20 heavy (non-hydrogen) atoms. The summed E-state index contributed by atoms with van der Waals surface area (Å²) in [6.45, 7) is 8.41. The summed E-state index contributed by atoms with van der Waals surface area (Å²) in [6.07, 6.45) is 0. The molecule has 2 aromatic rings. The highest BCUT2D eigenvalue weighted by Gasteiger charge is 2.29. The zero-order valence-electron chi connectivity index (χ0n) is 12.7. The first-order valence-corrected chi connectivity index (χ1v) is 6.99. The van der Waals surface area contributed by atoms with Gasteiger partial charge in [-0.3, -0.25) is 0 Å². The number of benzene rings is 2. The fourth-order valence-electron chi connectivity index (χ4n) is 3.07. The highest BCUT2D eigenvalue weighted by Crippen LogP contribution is 2.31. The molecule has 0 aromatic heterocycles. The minimum Gasteiger partial charge on any atom is -0.394 e. The lowest BCUT2D eigenvalue weighted by atomic mass is 9.84. The average molecular weight is 269 g/mol. The van der Waals surface area contributed by atoms with Gasteiger partial charge in [-0.1, -0.05) is 35.9 Å². The SMILES string of the molecule is Cc1cc(C)c(C(C)(CO)Nc2ccccc2)c(C)c1. The molecule has 0 bridgehead atoms. The molecule has 0 saturated heterocycles. The average Bonchev–Trinajstić information content (AvgIpc) is 2.38. The van der Waals surface area contributed by atoms with Crippen LogP contribution in [0.1, 0.15) is 29.2 Å². The Labute approximate surface area is 121 Å². The van der Waals surface area contributed by atoms with E-state index in [2.05, 4.69) is 38.2 Å². The summed E-state index contributed by atoms with van der Waals surface area (Å²) in [6, 6.07) is 14.4. The van der Waals surface area contributed by atoms with Gasteiger partial charge in [-0.05, 0) is 56.5 Å². The van der Waals surface area contributed by atoms with Gasteiger partial charge in [0.15, 0.2) is 0 Å². The predicted molar refractivity (Wildman–Crippen MR) is 85.2 cm³/mol. The summed E-state index contributed by atoms with van der Waals surface area (Å²) in [5.74, 6) is 0. The lowest BCUT2D eigenvalue weighted by Gasteiger charge is -2.33. The molecule has 0 aliphatic carbocycles. The minimum atomic E-state index is -0.483. The molecule has 2 N–H and O–H groups in total. The number of aryl methyl sites for hydroxylation is 3. The molecular weight excluding hydrogens is 246 g/mol. The molecule has 2 nitrogen and oxygen atoms in total. The molecule has 2 aromatic carbocycles. The molecule has 0 saturated carbocycles. The third-order valence-electron chi connectivity index (χ3n) is 3.74. The van der Waals surface area contributed by atoms with E-state index in [1.54, 1.807) is 0 Å². The second-order valence-electron chi connectivity index (χ2n) is 5.75. The molecule has 0 aliphatic heterocycles. The Bertz CT molecular complexity index is 569. The quantitative estimate of drug-likeness (QED) is 0.881. The van der Waals surface area contributed by atoms with Crippen molar-refractivity contribution in [3.05, 3.63) is 64.7 Å². The van der Waals surface area contributed by atoms with E-state index in [-0.39, 0.29) is 6.61 Å². The van der Waals surface area contributed by atoms with Crippen LogP contribution in [0.25, 0.3) is 0 Å². The van der Waals surface area contributed by atoms with Crippen molar-refractivity contribution in [1.82, 2.24) is 0 Å². The molecule has 0 amide bonds. The van der Waals surface area contributed by atoms with E-state index < -0.39 is 5.54 Å². The number of aliphatic hydroxyl groups is 1. The molecule has 2 rings (SSSR count). The van der Waals surface area contributed by atoms with Crippen LogP contribution in [0.3, 0.4) is 0 Å². The number of rotatable bonds is 4. The third kappa shape index (κ3) is 2.86. The van der Waals surface area contributed by atoms with Crippen molar-refractivity contribution in [3.63, 3.8) is 0 Å². The Kier molecular flexibility index (Phi) is 4.15. The molecule has 0 heterocycles. The second-order valence-corrected chi connectivity index (χ2v) is 5.75. The fraction of sp³-hybridized carbons (Fsp3) is 0.333. The standard InChI is InChI=1S/C18H23NO/c1-13-10-14(2)17(15(3)11-13)18(4,12-20)19-16-8-6-5-7-9-16/h5-11,19-20H,12H2,1-4H3. The first kappa shape index (κ1) is 14.6. The van der Waals surface area contributed by atoms with Gasteiger partial charge in [0.2, 0.25) is 0 Å². The van der Waals surface area contributed by atoms with Crippen LogP contribution in [0, 0.1) is 20.8 Å². The van der Waals surface area contributed by atoms with E-state index >= 15 is 0 Å². The Morgan fingerprint density at radius 3 is 2.05 bits per heavy atom. The van der Waals surface area contributed by atoms with Gasteiger partial charge in [0, 0.05) is 5.69 Å². The smallest absolute Gasteiger partial charge is 0.0833 e. The largest absolute Gasteiger partial charge is 0.394 e. The van der Waals surface area contributed by atoms with Gasteiger partial charge in [0.25, 0.3) is 0 Å². The van der Waals surface area contributed by atoms with Crippen LogP contribution in [0.15, 0.2) is 42.5 Å². The summed E-state index contributed by atoms with van der Waals surface area (Å²) in [5.41, 5.74) is 5.38. The first-order valence-electron chi connectivity index (χ1n) is 6.99. The van der Waals surface area contributed by atoms with Gasteiger partial charge in [0.1, 0.15) is 0 Å². The van der Waals surface area contributed by atoms with Gasteiger partial charge in [-0.15, -0.1) is 0 Å². The van der Waals surface area contributed by atoms with Crippen molar-refractivity contribution in [2.75, 3.05) is 11.9 Å². The maximum absolute atomic E-state index is 9.96. The van der Waals surface area contributed by atoms with Crippen LogP contribution in [-0.4, -0.2) is 11.7 Å². The Morgan fingerprint density at radius 2 is 1.55 bits per heavy atom. The number of hydrogen-bond donors (Lipinski definition) is 2. The zero-order chi connectivity index (χ0) is 14.8. The number of aliphatic hydroxyl groups excluding tert-OH is 1. The molecule has 0 spiro atoms. The van der Waals surface area contributed by atoms with Gasteiger partial charge in [-0.2, -0.15) is 0 Å². The van der Waals surface area contributed by atoms with Crippen molar-refractivity contribution in [1.29, 1.82) is 0 Å². The summed E-state index contributed by atoms with van der Waals surface area (Å²) in [5, 5.41) is 13.4. The van der Waals surface area contributed by atoms with E-state index in [9.17, 15) is 5.11 Å². The number of hydrogen-bond acceptors (Lipinski definition) is 2. The van der Waals surface area contributed by atoms with E-state index in [1.165, 1.54) is 22.3 Å². The van der Waals surface area contributed by atoms with Crippen LogP contribution in [0.4, 0.5) is 5.69 Å². The second kappa shape index (κ2) is 5.68. The van der Waals surface area contributed by atoms with Gasteiger partial charge >= 0.3 is 0 Å². The predicted octanol–water partition coefficient (Wildman–Crippen LogP) is 3.93. The minimum absolute atomic E-state index is 0.0482. The number of para-hydroxylation sites is 1. The first-order chi connectivity index (χ1) is 9.46. The van der Waals surface area contributed by atoms with Crippen molar-refractivity contribution in [2.24, 2.45) is 0 Å². The molecule has 106 valence electrons. The summed E-state index contributed by atoms with van der Waals surface area (Å²) in [7, 11) is 0. The Hall–Kier alpha value is -1.80. The van der Waals surface area contributed by atoms with Crippen LogP contribution >= 0.6 is 0 Å². The van der Waals surface area contributed by atoms with Crippen LogP contribution in [-0.2, 0) is 5.54 Å². The van der Waals surface area contributed by atoms with Gasteiger partial charge in [-0.25, -0.2) is 0 Å². The lowest BCUT2D eigenvalue weighted by molar-refractivity contribution is 0.223. The molecular formula is C18H23NO. The fourth-order valence-corrected chi connectivity index (χ4v) is 3.07. The van der Waals surface area contributed by atoms with Crippen molar-refractivity contribution in [3.8, 4) is 0 Å². The monoisotopic (exact) mass is 269 g/mol.